The average Bonchev–Trinajstić information content (AvgIpc) is 3.48. The first kappa shape index (κ1) is 29.7. The smallest absolute Gasteiger partial charge is 0.280 e. The number of amides is 1. The maximum absolute atomic E-state index is 12.6. The Hall–Kier alpha value is -2.75. The van der Waals surface area contributed by atoms with Crippen LogP contribution in [0.2, 0.25) is 10.0 Å². The van der Waals surface area contributed by atoms with Crippen molar-refractivity contribution in [3.8, 4) is 11.1 Å². The molecule has 2 aromatic carbocycles. The number of rotatable bonds is 9. The number of aromatic nitrogens is 1. The lowest BCUT2D eigenvalue weighted by atomic mass is 9.81. The van der Waals surface area contributed by atoms with Crippen molar-refractivity contribution in [2.45, 2.75) is 42.9 Å². The van der Waals surface area contributed by atoms with Crippen molar-refractivity contribution >= 4 is 40.3 Å². The van der Waals surface area contributed by atoms with Crippen molar-refractivity contribution in [3.05, 3.63) is 94.6 Å². The Bertz CT molecular complexity index is 1370. The fourth-order valence-corrected chi connectivity index (χ4v) is 6.76. The number of carbonyl (C=O) groups excluding carboxylic acids is 1. The number of likely N-dealkylation sites (tertiary alicyclic amines) is 1. The molecule has 2 aliphatic rings. The third kappa shape index (κ3) is 6.37. The van der Waals surface area contributed by atoms with Crippen LogP contribution >= 0.6 is 23.2 Å². The number of nitrogens with one attached hydrogen (secondary N) is 1. The van der Waals surface area contributed by atoms with Gasteiger partial charge in [-0.2, -0.15) is 0 Å². The Morgan fingerprint density at radius 2 is 1.73 bits per heavy atom. The van der Waals surface area contributed by atoms with Crippen LogP contribution in [0.5, 0.6) is 0 Å². The van der Waals surface area contributed by atoms with E-state index in [0.717, 1.165) is 53.9 Å². The van der Waals surface area contributed by atoms with Gasteiger partial charge in [0, 0.05) is 36.5 Å². The molecular weight excluding hydrogens is 581 g/mol. The zero-order chi connectivity index (χ0) is 29.0. The molecule has 0 spiro atoms. The molecule has 3 aromatic rings. The van der Waals surface area contributed by atoms with E-state index < -0.39 is 17.0 Å². The highest BCUT2D eigenvalue weighted by atomic mass is 35.5. The lowest BCUT2D eigenvalue weighted by molar-refractivity contribution is -0.201. The SMILES string of the molecule is CC(CCNC(=O)c1c(Cl)cncc1Cl)N1CCC(C2(c3ccccc3-c3ccc([S+](C)[O-])cc3)OC=CO2)CC1. The Morgan fingerprint density at radius 3 is 2.37 bits per heavy atom. The van der Waals surface area contributed by atoms with Gasteiger partial charge in [0.1, 0.15) is 18.8 Å². The molecule has 7 nitrogen and oxygen atoms in total. The number of piperidine rings is 1. The molecule has 0 bridgehead atoms. The maximum Gasteiger partial charge on any atom is 0.280 e. The number of halogens is 2. The van der Waals surface area contributed by atoms with Crippen LogP contribution in [0.15, 0.2) is 78.3 Å². The third-order valence-corrected chi connectivity index (χ3v) is 9.47. The number of hydrogen-bond acceptors (Lipinski definition) is 6. The first-order valence-corrected chi connectivity index (χ1v) is 16.0. The summed E-state index contributed by atoms with van der Waals surface area (Å²) < 4.78 is 24.5. The number of carbonyl (C=O) groups is 1. The first-order valence-electron chi connectivity index (χ1n) is 13.7. The van der Waals surface area contributed by atoms with Crippen molar-refractivity contribution in [3.63, 3.8) is 0 Å². The summed E-state index contributed by atoms with van der Waals surface area (Å²) in [6.45, 7) is 4.46. The molecule has 1 amide bonds. The highest BCUT2D eigenvalue weighted by molar-refractivity contribution is 7.90. The highest BCUT2D eigenvalue weighted by Gasteiger charge is 2.48. The molecule has 5 rings (SSSR count). The maximum atomic E-state index is 12.6. The van der Waals surface area contributed by atoms with E-state index in [1.807, 2.05) is 36.4 Å². The molecule has 10 heteroatoms. The Morgan fingerprint density at radius 1 is 1.10 bits per heavy atom. The van der Waals surface area contributed by atoms with Gasteiger partial charge < -0.3 is 24.2 Å². The second-order valence-electron chi connectivity index (χ2n) is 10.4. The molecule has 1 aromatic heterocycles. The van der Waals surface area contributed by atoms with E-state index in [1.165, 1.54) is 12.4 Å². The van der Waals surface area contributed by atoms with Gasteiger partial charge in [0.2, 0.25) is 0 Å². The van der Waals surface area contributed by atoms with Crippen molar-refractivity contribution in [1.29, 1.82) is 0 Å². The molecule has 2 aliphatic heterocycles. The Balaban J connectivity index is 1.23. The van der Waals surface area contributed by atoms with Crippen LogP contribution in [0.25, 0.3) is 11.1 Å². The van der Waals surface area contributed by atoms with Crippen LogP contribution in [0.1, 0.15) is 42.1 Å². The standard InChI is InChI=1S/C31H33Cl2N3O4S/c1-21(11-14-35-30(37)29-27(32)19-34-20-28(29)33)36-15-12-23(13-16-36)31(39-17-18-40-31)26-6-4-3-5-25(26)22-7-9-24(10-8-22)41(2)38/h3-10,17-21,23H,11-16H2,1-2H3,(H,35,37). The van der Waals surface area contributed by atoms with E-state index in [-0.39, 0.29) is 33.5 Å². The minimum atomic E-state index is -1.03. The Labute approximate surface area is 254 Å². The molecule has 1 saturated heterocycles. The molecule has 0 saturated carbocycles. The largest absolute Gasteiger partial charge is 0.612 e. The van der Waals surface area contributed by atoms with Crippen molar-refractivity contribution in [2.75, 3.05) is 25.9 Å². The van der Waals surface area contributed by atoms with Gasteiger partial charge in [-0.15, -0.1) is 0 Å². The summed E-state index contributed by atoms with van der Waals surface area (Å²) in [6, 6.07) is 16.3. The summed E-state index contributed by atoms with van der Waals surface area (Å²) in [5.41, 5.74) is 3.29. The van der Waals surface area contributed by atoms with E-state index in [0.29, 0.717) is 6.54 Å². The van der Waals surface area contributed by atoms with E-state index >= 15 is 0 Å². The fourth-order valence-electron chi connectivity index (χ4n) is 5.70. The van der Waals surface area contributed by atoms with Crippen LogP contribution < -0.4 is 5.32 Å². The van der Waals surface area contributed by atoms with Crippen molar-refractivity contribution in [2.24, 2.45) is 5.92 Å². The van der Waals surface area contributed by atoms with Gasteiger partial charge >= 0.3 is 0 Å². The van der Waals surface area contributed by atoms with E-state index in [4.69, 9.17) is 32.7 Å². The van der Waals surface area contributed by atoms with Gasteiger partial charge in [-0.25, -0.2) is 0 Å². The summed E-state index contributed by atoms with van der Waals surface area (Å²) in [4.78, 5) is 19.8. The predicted octanol–water partition coefficient (Wildman–Crippen LogP) is 6.38. The summed E-state index contributed by atoms with van der Waals surface area (Å²) in [6.07, 6.45) is 10.4. The van der Waals surface area contributed by atoms with E-state index in [1.54, 1.807) is 18.8 Å². The van der Waals surface area contributed by atoms with Gasteiger partial charge in [-0.3, -0.25) is 9.78 Å². The first-order chi connectivity index (χ1) is 19.8. The molecular formula is C31H33Cl2N3O4S. The molecule has 3 heterocycles. The molecule has 216 valence electrons. The summed E-state index contributed by atoms with van der Waals surface area (Å²) >= 11 is 11.2. The molecule has 41 heavy (non-hydrogen) atoms. The van der Waals surface area contributed by atoms with E-state index in [9.17, 15) is 9.35 Å². The van der Waals surface area contributed by atoms with E-state index in [2.05, 4.69) is 34.3 Å². The van der Waals surface area contributed by atoms with Gasteiger partial charge in [0.25, 0.3) is 11.7 Å². The van der Waals surface area contributed by atoms with Crippen LogP contribution in [0.4, 0.5) is 0 Å². The molecule has 0 radical (unpaired) electrons. The van der Waals surface area contributed by atoms with Crippen molar-refractivity contribution in [1.82, 2.24) is 15.2 Å². The minimum Gasteiger partial charge on any atom is -0.612 e. The molecule has 2 atom stereocenters. The lowest BCUT2D eigenvalue weighted by Gasteiger charge is -2.43. The summed E-state index contributed by atoms with van der Waals surface area (Å²) in [7, 11) is 0. The quantitative estimate of drug-likeness (QED) is 0.282. The Kier molecular flexibility index (Phi) is 9.46. The summed E-state index contributed by atoms with van der Waals surface area (Å²) in [5, 5.41) is 3.41. The van der Waals surface area contributed by atoms with Gasteiger partial charge in [-0.1, -0.05) is 47.5 Å². The molecule has 0 aliphatic carbocycles. The molecule has 2 unspecified atom stereocenters. The third-order valence-electron chi connectivity index (χ3n) is 7.96. The lowest BCUT2D eigenvalue weighted by Crippen LogP contribution is -2.47. The van der Waals surface area contributed by atoms with Crippen LogP contribution in [0, 0.1) is 5.92 Å². The fraction of sp³-hybridized carbons (Fsp3) is 0.355. The second kappa shape index (κ2) is 13.0. The van der Waals surface area contributed by atoms with Crippen LogP contribution in [-0.4, -0.2) is 52.3 Å². The van der Waals surface area contributed by atoms with Gasteiger partial charge in [-0.05, 0) is 85.8 Å². The zero-order valence-electron chi connectivity index (χ0n) is 23.0. The average molecular weight is 615 g/mol. The minimum absolute atomic E-state index is 0.139. The molecule has 1 N–H and O–H groups in total. The normalized spacial score (nSPS) is 18.4. The van der Waals surface area contributed by atoms with Crippen LogP contribution in [-0.2, 0) is 26.4 Å². The summed E-state index contributed by atoms with van der Waals surface area (Å²) in [5.74, 6) is -1.07. The molecule has 1 fully saturated rings. The second-order valence-corrected chi connectivity index (χ2v) is 12.6. The monoisotopic (exact) mass is 613 g/mol. The van der Waals surface area contributed by atoms with Crippen molar-refractivity contribution < 1.29 is 18.8 Å². The number of hydrogen-bond donors (Lipinski definition) is 1. The zero-order valence-corrected chi connectivity index (χ0v) is 25.3. The van der Waals surface area contributed by atoms with Gasteiger partial charge in [0.15, 0.2) is 4.90 Å². The number of pyridine rings is 1. The number of benzene rings is 2. The number of nitrogens with zero attached hydrogens (tertiary/aromatic N) is 2. The van der Waals surface area contributed by atoms with Gasteiger partial charge in [0.05, 0.1) is 15.6 Å². The number of ether oxygens (including phenoxy) is 2. The van der Waals surface area contributed by atoms with Crippen LogP contribution in [0.3, 0.4) is 0 Å². The predicted molar refractivity (Wildman–Crippen MR) is 162 cm³/mol. The highest BCUT2D eigenvalue weighted by Crippen LogP contribution is 2.47. The topological polar surface area (TPSA) is 86.8 Å².